The van der Waals surface area contributed by atoms with Crippen LogP contribution in [-0.4, -0.2) is 54.9 Å². The van der Waals surface area contributed by atoms with Crippen LogP contribution < -0.4 is 5.73 Å². The maximum Gasteiger partial charge on any atom is 0.253 e. The van der Waals surface area contributed by atoms with Crippen molar-refractivity contribution >= 4 is 5.91 Å². The maximum absolute atomic E-state index is 12.0. The zero-order valence-corrected chi connectivity index (χ0v) is 10.1. The number of nitrogens with zero attached hydrogens (tertiary/aromatic N) is 1. The van der Waals surface area contributed by atoms with Crippen LogP contribution >= 0.6 is 0 Å². The number of nitrogens with two attached hydrogens (primary N) is 1. The fourth-order valence-corrected chi connectivity index (χ4v) is 2.23. The molecule has 0 radical (unpaired) electrons. The third kappa shape index (κ3) is 2.93. The Morgan fingerprint density at radius 1 is 1.56 bits per heavy atom. The number of aliphatic hydroxyl groups is 1. The van der Waals surface area contributed by atoms with Gasteiger partial charge >= 0.3 is 0 Å². The first-order chi connectivity index (χ1) is 7.61. The van der Waals surface area contributed by atoms with Gasteiger partial charge in [0, 0.05) is 20.7 Å². The summed E-state index contributed by atoms with van der Waals surface area (Å²) in [6, 6.07) is -0.0922. The largest absolute Gasteiger partial charge is 0.391 e. The molecule has 94 valence electrons. The first-order valence-corrected chi connectivity index (χ1v) is 5.79. The second kappa shape index (κ2) is 6.18. The molecule has 0 spiro atoms. The SMILES string of the molecule is COC(CN)C(=O)N(C)C1CCCCC1O. The van der Waals surface area contributed by atoms with Gasteiger partial charge in [0.15, 0.2) is 0 Å². The molecule has 1 aliphatic rings. The van der Waals surface area contributed by atoms with E-state index in [1.54, 1.807) is 11.9 Å². The van der Waals surface area contributed by atoms with Crippen molar-refractivity contribution in [3.05, 3.63) is 0 Å². The van der Waals surface area contributed by atoms with Gasteiger partial charge in [-0.05, 0) is 12.8 Å². The Kier molecular flexibility index (Phi) is 5.18. The van der Waals surface area contributed by atoms with Crippen LogP contribution in [0.3, 0.4) is 0 Å². The highest BCUT2D eigenvalue weighted by Crippen LogP contribution is 2.22. The molecule has 1 fully saturated rings. The van der Waals surface area contributed by atoms with Crippen molar-refractivity contribution in [2.45, 2.75) is 43.9 Å². The number of likely N-dealkylation sites (N-methyl/N-ethyl adjacent to an activating group) is 1. The van der Waals surface area contributed by atoms with E-state index in [0.29, 0.717) is 0 Å². The van der Waals surface area contributed by atoms with E-state index in [4.69, 9.17) is 10.5 Å². The van der Waals surface area contributed by atoms with E-state index in [0.717, 1.165) is 25.7 Å². The van der Waals surface area contributed by atoms with E-state index in [2.05, 4.69) is 0 Å². The quantitative estimate of drug-likeness (QED) is 0.696. The van der Waals surface area contributed by atoms with E-state index in [1.165, 1.54) is 7.11 Å². The molecule has 5 nitrogen and oxygen atoms in total. The van der Waals surface area contributed by atoms with Crippen molar-refractivity contribution in [1.82, 2.24) is 4.90 Å². The van der Waals surface area contributed by atoms with Crippen LogP contribution in [-0.2, 0) is 9.53 Å². The van der Waals surface area contributed by atoms with Crippen LogP contribution in [0.2, 0.25) is 0 Å². The van der Waals surface area contributed by atoms with Crippen molar-refractivity contribution in [1.29, 1.82) is 0 Å². The minimum Gasteiger partial charge on any atom is -0.391 e. The summed E-state index contributed by atoms with van der Waals surface area (Å²) < 4.78 is 5.01. The predicted octanol–water partition coefficient (Wildman–Crippen LogP) is -0.278. The Labute approximate surface area is 96.6 Å². The molecular formula is C11H22N2O3. The van der Waals surface area contributed by atoms with Crippen LogP contribution in [0.25, 0.3) is 0 Å². The molecule has 0 bridgehead atoms. The highest BCUT2D eigenvalue weighted by molar-refractivity contribution is 5.81. The molecule has 3 unspecified atom stereocenters. The summed E-state index contributed by atoms with van der Waals surface area (Å²) in [5.41, 5.74) is 5.45. The average molecular weight is 230 g/mol. The summed E-state index contributed by atoms with van der Waals surface area (Å²) in [5, 5.41) is 9.85. The molecule has 1 aliphatic carbocycles. The highest BCUT2D eigenvalue weighted by Gasteiger charge is 2.32. The number of hydrogen-bond donors (Lipinski definition) is 2. The predicted molar refractivity (Wildman–Crippen MR) is 60.9 cm³/mol. The number of amides is 1. The normalized spacial score (nSPS) is 27.5. The Morgan fingerprint density at radius 3 is 2.69 bits per heavy atom. The summed E-state index contributed by atoms with van der Waals surface area (Å²) in [6.07, 6.45) is 2.69. The van der Waals surface area contributed by atoms with Crippen LogP contribution in [0, 0.1) is 0 Å². The molecule has 0 saturated heterocycles. The topological polar surface area (TPSA) is 75.8 Å². The smallest absolute Gasteiger partial charge is 0.253 e. The van der Waals surface area contributed by atoms with Gasteiger partial charge in [0.2, 0.25) is 0 Å². The monoisotopic (exact) mass is 230 g/mol. The van der Waals surface area contributed by atoms with Gasteiger partial charge in [-0.2, -0.15) is 0 Å². The molecule has 5 heteroatoms. The lowest BCUT2D eigenvalue weighted by atomic mass is 9.91. The molecule has 1 rings (SSSR count). The summed E-state index contributed by atoms with van der Waals surface area (Å²) in [4.78, 5) is 13.5. The summed E-state index contributed by atoms with van der Waals surface area (Å²) >= 11 is 0. The average Bonchev–Trinajstić information content (AvgIpc) is 2.30. The summed E-state index contributed by atoms with van der Waals surface area (Å²) in [6.45, 7) is 0.169. The number of carbonyl (C=O) groups is 1. The highest BCUT2D eigenvalue weighted by atomic mass is 16.5. The van der Waals surface area contributed by atoms with Crippen molar-refractivity contribution in [2.24, 2.45) is 5.73 Å². The first-order valence-electron chi connectivity index (χ1n) is 5.79. The van der Waals surface area contributed by atoms with Gasteiger partial charge in [0.25, 0.3) is 5.91 Å². The van der Waals surface area contributed by atoms with Crippen LogP contribution in [0.1, 0.15) is 25.7 Å². The molecule has 3 atom stereocenters. The zero-order chi connectivity index (χ0) is 12.1. The van der Waals surface area contributed by atoms with Crippen LogP contribution in [0.4, 0.5) is 0 Å². The van der Waals surface area contributed by atoms with Gasteiger partial charge in [-0.15, -0.1) is 0 Å². The fraction of sp³-hybridized carbons (Fsp3) is 0.909. The number of aliphatic hydroxyl groups excluding tert-OH is 1. The molecule has 1 saturated carbocycles. The number of hydrogen-bond acceptors (Lipinski definition) is 4. The van der Waals surface area contributed by atoms with Gasteiger partial charge in [-0.1, -0.05) is 12.8 Å². The van der Waals surface area contributed by atoms with Crippen molar-refractivity contribution in [3.8, 4) is 0 Å². The van der Waals surface area contributed by atoms with E-state index in [9.17, 15) is 9.90 Å². The van der Waals surface area contributed by atoms with Crippen molar-refractivity contribution < 1.29 is 14.6 Å². The third-order valence-corrected chi connectivity index (χ3v) is 3.31. The van der Waals surface area contributed by atoms with Gasteiger partial charge in [-0.25, -0.2) is 0 Å². The standard InChI is InChI=1S/C11H22N2O3/c1-13(11(15)10(7-12)16-2)8-5-3-4-6-9(8)14/h8-10,14H,3-7,12H2,1-2H3. The lowest BCUT2D eigenvalue weighted by molar-refractivity contribution is -0.145. The summed E-state index contributed by atoms with van der Waals surface area (Å²) in [7, 11) is 3.18. The number of carbonyl (C=O) groups excluding carboxylic acids is 1. The number of methoxy groups -OCH3 is 1. The van der Waals surface area contributed by atoms with Crippen LogP contribution in [0.15, 0.2) is 0 Å². The Bertz CT molecular complexity index is 231. The minimum absolute atomic E-state index is 0.0922. The second-order valence-electron chi connectivity index (χ2n) is 4.33. The molecule has 0 heterocycles. The second-order valence-corrected chi connectivity index (χ2v) is 4.33. The molecule has 0 aromatic rings. The minimum atomic E-state index is -0.598. The van der Waals surface area contributed by atoms with Gasteiger partial charge in [-0.3, -0.25) is 4.79 Å². The van der Waals surface area contributed by atoms with E-state index in [1.807, 2.05) is 0 Å². The fourth-order valence-electron chi connectivity index (χ4n) is 2.23. The molecule has 16 heavy (non-hydrogen) atoms. The molecule has 1 amide bonds. The Balaban J connectivity index is 2.60. The van der Waals surface area contributed by atoms with Crippen LogP contribution in [0.5, 0.6) is 0 Å². The lowest BCUT2D eigenvalue weighted by Gasteiger charge is -2.36. The lowest BCUT2D eigenvalue weighted by Crippen LogP contribution is -2.51. The molecule has 0 aromatic carbocycles. The third-order valence-electron chi connectivity index (χ3n) is 3.31. The maximum atomic E-state index is 12.0. The van der Waals surface area contributed by atoms with E-state index < -0.39 is 12.2 Å². The van der Waals surface area contributed by atoms with Crippen molar-refractivity contribution in [3.63, 3.8) is 0 Å². The Morgan fingerprint density at radius 2 is 2.19 bits per heavy atom. The van der Waals surface area contributed by atoms with E-state index in [-0.39, 0.29) is 18.5 Å². The number of ether oxygens (including phenoxy) is 1. The van der Waals surface area contributed by atoms with E-state index >= 15 is 0 Å². The van der Waals surface area contributed by atoms with Crippen molar-refractivity contribution in [2.75, 3.05) is 20.7 Å². The van der Waals surface area contributed by atoms with Gasteiger partial charge < -0.3 is 20.5 Å². The first kappa shape index (κ1) is 13.4. The molecule has 0 aliphatic heterocycles. The molecule has 0 aromatic heterocycles. The zero-order valence-electron chi connectivity index (χ0n) is 10.1. The summed E-state index contributed by atoms with van der Waals surface area (Å²) in [5.74, 6) is -0.143. The number of rotatable bonds is 4. The Hall–Kier alpha value is -0.650. The molecular weight excluding hydrogens is 208 g/mol. The molecule has 3 N–H and O–H groups in total. The van der Waals surface area contributed by atoms with Gasteiger partial charge in [0.05, 0.1) is 12.1 Å². The van der Waals surface area contributed by atoms with Gasteiger partial charge in [0.1, 0.15) is 6.10 Å².